The second-order valence-electron chi connectivity index (χ2n) is 4.08. The van der Waals surface area contributed by atoms with Gasteiger partial charge in [-0.1, -0.05) is 19.0 Å². The Kier molecular flexibility index (Phi) is 3.76. The second kappa shape index (κ2) is 5.30. The lowest BCUT2D eigenvalue weighted by Crippen LogP contribution is -1.90. The molecule has 0 aliphatic heterocycles. The summed E-state index contributed by atoms with van der Waals surface area (Å²) in [4.78, 5) is 4.18. The summed E-state index contributed by atoms with van der Waals surface area (Å²) in [6, 6.07) is 4.17. The van der Waals surface area contributed by atoms with Crippen LogP contribution < -0.4 is 0 Å². The first-order valence-electron chi connectivity index (χ1n) is 5.53. The van der Waals surface area contributed by atoms with Gasteiger partial charge in [0.05, 0.1) is 11.3 Å². The smallest absolute Gasteiger partial charge is 0.261 e. The molecule has 0 fully saturated rings. The van der Waals surface area contributed by atoms with Crippen molar-refractivity contribution in [3.8, 4) is 23.0 Å². The van der Waals surface area contributed by atoms with Crippen molar-refractivity contribution in [3.05, 3.63) is 24.0 Å². The number of nitrogens with zero attached hydrogens (tertiary/aromatic N) is 2. The van der Waals surface area contributed by atoms with Crippen molar-refractivity contribution >= 4 is 11.8 Å². The van der Waals surface area contributed by atoms with E-state index in [0.29, 0.717) is 22.4 Å². The summed E-state index contributed by atoms with van der Waals surface area (Å²) >= 11 is 1.70. The van der Waals surface area contributed by atoms with Gasteiger partial charge in [0.2, 0.25) is 0 Å². The summed E-state index contributed by atoms with van der Waals surface area (Å²) in [6.45, 7) is 4.18. The molecule has 0 radical (unpaired) electrons. The fraction of sp³-hybridized carbons (Fsp3) is 0.333. The molecule has 2 aromatic rings. The Hall–Kier alpha value is -1.69. The number of aromatic nitrogens is 2. The van der Waals surface area contributed by atoms with E-state index < -0.39 is 0 Å². The highest BCUT2D eigenvalue weighted by molar-refractivity contribution is 7.99. The van der Waals surface area contributed by atoms with Crippen LogP contribution in [0.4, 0.5) is 0 Å². The highest BCUT2D eigenvalue weighted by atomic mass is 32.2. The third-order valence-corrected chi connectivity index (χ3v) is 3.32. The fourth-order valence-corrected chi connectivity index (χ4v) is 1.96. The number of thioether (sulfide) groups is 1. The summed E-state index contributed by atoms with van der Waals surface area (Å²) in [5.74, 6) is 1.48. The SMILES string of the molecule is CC(C)SCc1noc(-c2cc(O)ccc2O)n1. The van der Waals surface area contributed by atoms with Gasteiger partial charge in [-0.15, -0.1) is 0 Å². The molecule has 0 saturated carbocycles. The molecule has 0 aliphatic carbocycles. The number of hydrogen-bond donors (Lipinski definition) is 2. The Morgan fingerprint density at radius 3 is 2.83 bits per heavy atom. The lowest BCUT2D eigenvalue weighted by molar-refractivity contribution is 0.418. The Bertz CT molecular complexity index is 540. The molecule has 0 atom stereocenters. The average Bonchev–Trinajstić information content (AvgIpc) is 2.78. The van der Waals surface area contributed by atoms with Crippen molar-refractivity contribution in [2.45, 2.75) is 24.9 Å². The van der Waals surface area contributed by atoms with E-state index in [2.05, 4.69) is 24.0 Å². The lowest BCUT2D eigenvalue weighted by Gasteiger charge is -2.00. The first-order chi connectivity index (χ1) is 8.56. The van der Waals surface area contributed by atoms with E-state index in [1.165, 1.54) is 18.2 Å². The molecule has 6 heteroatoms. The maximum atomic E-state index is 9.67. The van der Waals surface area contributed by atoms with Crippen LogP contribution in [-0.2, 0) is 5.75 Å². The molecular formula is C12H14N2O3S. The highest BCUT2D eigenvalue weighted by Gasteiger charge is 2.13. The van der Waals surface area contributed by atoms with Crippen LogP contribution in [0.1, 0.15) is 19.7 Å². The number of phenols is 2. The molecule has 5 nitrogen and oxygen atoms in total. The topological polar surface area (TPSA) is 79.4 Å². The van der Waals surface area contributed by atoms with E-state index >= 15 is 0 Å². The van der Waals surface area contributed by atoms with Crippen LogP contribution in [-0.4, -0.2) is 25.6 Å². The van der Waals surface area contributed by atoms with Gasteiger partial charge < -0.3 is 14.7 Å². The minimum atomic E-state index is -0.000451. The first kappa shape index (κ1) is 12.8. The van der Waals surface area contributed by atoms with Gasteiger partial charge in [0.25, 0.3) is 5.89 Å². The van der Waals surface area contributed by atoms with Gasteiger partial charge in [-0.05, 0) is 23.4 Å². The van der Waals surface area contributed by atoms with Crippen molar-refractivity contribution in [1.82, 2.24) is 10.1 Å². The van der Waals surface area contributed by atoms with Crippen molar-refractivity contribution < 1.29 is 14.7 Å². The standard InChI is InChI=1S/C12H14N2O3S/c1-7(2)18-6-11-13-12(17-14-11)9-5-8(15)3-4-10(9)16/h3-5,7,15-16H,6H2,1-2H3. The van der Waals surface area contributed by atoms with E-state index in [0.717, 1.165) is 0 Å². The zero-order valence-corrected chi connectivity index (χ0v) is 10.9. The van der Waals surface area contributed by atoms with Crippen LogP contribution in [0.15, 0.2) is 22.7 Å². The zero-order valence-electron chi connectivity index (χ0n) is 10.1. The molecule has 0 spiro atoms. The van der Waals surface area contributed by atoms with Crippen LogP contribution in [0.5, 0.6) is 11.5 Å². The maximum Gasteiger partial charge on any atom is 0.261 e. The second-order valence-corrected chi connectivity index (χ2v) is 5.64. The fourth-order valence-electron chi connectivity index (χ4n) is 1.36. The molecule has 0 aliphatic rings. The van der Waals surface area contributed by atoms with Crippen molar-refractivity contribution in [1.29, 1.82) is 0 Å². The average molecular weight is 266 g/mol. The molecule has 96 valence electrons. The van der Waals surface area contributed by atoms with Gasteiger partial charge in [-0.2, -0.15) is 16.7 Å². The lowest BCUT2D eigenvalue weighted by atomic mass is 10.2. The number of hydrogen-bond acceptors (Lipinski definition) is 6. The quantitative estimate of drug-likeness (QED) is 0.828. The Morgan fingerprint density at radius 1 is 1.33 bits per heavy atom. The van der Waals surface area contributed by atoms with Crippen LogP contribution in [0.2, 0.25) is 0 Å². The molecule has 0 bridgehead atoms. The number of aromatic hydroxyl groups is 2. The molecule has 0 saturated heterocycles. The van der Waals surface area contributed by atoms with Gasteiger partial charge >= 0.3 is 0 Å². The number of rotatable bonds is 4. The van der Waals surface area contributed by atoms with E-state index in [1.807, 2.05) is 0 Å². The molecule has 18 heavy (non-hydrogen) atoms. The first-order valence-corrected chi connectivity index (χ1v) is 6.57. The maximum absolute atomic E-state index is 9.67. The number of phenolic OH excluding ortho intramolecular Hbond substituents is 2. The van der Waals surface area contributed by atoms with Crippen LogP contribution in [0.25, 0.3) is 11.5 Å². The van der Waals surface area contributed by atoms with Crippen molar-refractivity contribution in [2.75, 3.05) is 0 Å². The van der Waals surface area contributed by atoms with Crippen LogP contribution >= 0.6 is 11.8 Å². The van der Waals surface area contributed by atoms with E-state index in [-0.39, 0.29) is 17.4 Å². The number of benzene rings is 1. The van der Waals surface area contributed by atoms with E-state index in [1.54, 1.807) is 11.8 Å². The summed E-state index contributed by atoms with van der Waals surface area (Å²) < 4.78 is 5.07. The minimum absolute atomic E-state index is 0.000451. The van der Waals surface area contributed by atoms with Crippen LogP contribution in [0, 0.1) is 0 Å². The monoisotopic (exact) mass is 266 g/mol. The third-order valence-electron chi connectivity index (χ3n) is 2.22. The molecule has 0 unspecified atom stereocenters. The van der Waals surface area contributed by atoms with Crippen molar-refractivity contribution in [3.63, 3.8) is 0 Å². The Morgan fingerprint density at radius 2 is 2.11 bits per heavy atom. The van der Waals surface area contributed by atoms with Gasteiger partial charge in [0.1, 0.15) is 11.5 Å². The highest BCUT2D eigenvalue weighted by Crippen LogP contribution is 2.31. The Labute approximate surface area is 109 Å². The third kappa shape index (κ3) is 2.95. The molecule has 0 amide bonds. The molecule has 1 aromatic carbocycles. The van der Waals surface area contributed by atoms with Crippen molar-refractivity contribution in [2.24, 2.45) is 0 Å². The van der Waals surface area contributed by atoms with E-state index in [9.17, 15) is 10.2 Å². The van der Waals surface area contributed by atoms with Gasteiger partial charge in [0.15, 0.2) is 5.82 Å². The summed E-state index contributed by atoms with van der Waals surface area (Å²) in [7, 11) is 0. The summed E-state index contributed by atoms with van der Waals surface area (Å²) in [5, 5.41) is 23.4. The molecular weight excluding hydrogens is 252 g/mol. The predicted octanol–water partition coefficient (Wildman–Crippen LogP) is 2.79. The van der Waals surface area contributed by atoms with Gasteiger partial charge in [-0.25, -0.2) is 0 Å². The minimum Gasteiger partial charge on any atom is -0.508 e. The molecule has 2 rings (SSSR count). The van der Waals surface area contributed by atoms with Gasteiger partial charge in [0, 0.05) is 0 Å². The van der Waals surface area contributed by atoms with E-state index in [4.69, 9.17) is 4.52 Å². The summed E-state index contributed by atoms with van der Waals surface area (Å²) in [6.07, 6.45) is 0. The molecule has 1 heterocycles. The van der Waals surface area contributed by atoms with Gasteiger partial charge in [-0.3, -0.25) is 0 Å². The molecule has 1 aromatic heterocycles. The van der Waals surface area contributed by atoms with Crippen LogP contribution in [0.3, 0.4) is 0 Å². The normalized spacial score (nSPS) is 11.1. The zero-order chi connectivity index (χ0) is 13.1. The summed E-state index contributed by atoms with van der Waals surface area (Å²) in [5.41, 5.74) is 0.336. The molecule has 2 N–H and O–H groups in total. The largest absolute Gasteiger partial charge is 0.508 e. The Balaban J connectivity index is 2.21. The predicted molar refractivity (Wildman–Crippen MR) is 69.5 cm³/mol.